The van der Waals surface area contributed by atoms with E-state index in [0.717, 1.165) is 24.1 Å². The second kappa shape index (κ2) is 8.24. The van der Waals surface area contributed by atoms with Crippen molar-refractivity contribution < 1.29 is 9.59 Å². The first kappa shape index (κ1) is 16.9. The average molecular weight is 335 g/mol. The summed E-state index contributed by atoms with van der Waals surface area (Å²) < 4.78 is 0. The Bertz CT molecular complexity index is 744. The maximum atomic E-state index is 12.4. The molecule has 1 aliphatic rings. The van der Waals surface area contributed by atoms with Gasteiger partial charge in [-0.3, -0.25) is 14.6 Å². The predicted molar refractivity (Wildman–Crippen MR) is 97.6 cm³/mol. The van der Waals surface area contributed by atoms with E-state index in [0.29, 0.717) is 13.1 Å². The van der Waals surface area contributed by atoms with Crippen molar-refractivity contribution in [3.05, 3.63) is 66.5 Å². The van der Waals surface area contributed by atoms with Crippen LogP contribution in [0, 0.1) is 5.92 Å². The molecule has 5 nitrogen and oxygen atoms in total. The Kier molecular flexibility index (Phi) is 5.57. The first-order chi connectivity index (χ1) is 12.2. The van der Waals surface area contributed by atoms with E-state index in [1.165, 1.54) is 0 Å². The van der Waals surface area contributed by atoms with Gasteiger partial charge in [0.15, 0.2) is 0 Å². The molecule has 3 rings (SSSR count). The molecule has 0 bridgehead atoms. The lowest BCUT2D eigenvalue weighted by molar-refractivity contribution is -0.130. The van der Waals surface area contributed by atoms with Gasteiger partial charge in [0, 0.05) is 37.2 Å². The van der Waals surface area contributed by atoms with Crippen LogP contribution in [-0.2, 0) is 9.59 Å². The van der Waals surface area contributed by atoms with Gasteiger partial charge in [-0.2, -0.15) is 0 Å². The van der Waals surface area contributed by atoms with Crippen LogP contribution in [-0.4, -0.2) is 34.8 Å². The lowest BCUT2D eigenvalue weighted by Gasteiger charge is -2.31. The fourth-order valence-corrected chi connectivity index (χ4v) is 2.90. The van der Waals surface area contributed by atoms with Crippen LogP contribution >= 0.6 is 0 Å². The standard InChI is InChI=1S/C20H21N3O2/c24-19(11-10-16-6-4-12-21-14-16)23-13-5-7-17(15-23)20(25)22-18-8-2-1-3-9-18/h1-4,6,8-12,14,17H,5,7,13,15H2,(H,22,25)/b11-10+. The van der Waals surface area contributed by atoms with E-state index < -0.39 is 0 Å². The highest BCUT2D eigenvalue weighted by molar-refractivity contribution is 5.95. The van der Waals surface area contributed by atoms with Crippen LogP contribution in [0.5, 0.6) is 0 Å². The number of likely N-dealkylation sites (tertiary alicyclic amines) is 1. The number of rotatable bonds is 4. The number of benzene rings is 1. The summed E-state index contributed by atoms with van der Waals surface area (Å²) >= 11 is 0. The lowest BCUT2D eigenvalue weighted by Crippen LogP contribution is -2.43. The molecule has 0 radical (unpaired) electrons. The summed E-state index contributed by atoms with van der Waals surface area (Å²) in [5.74, 6) is -0.272. The third kappa shape index (κ3) is 4.76. The lowest BCUT2D eigenvalue weighted by atomic mass is 9.97. The van der Waals surface area contributed by atoms with E-state index in [9.17, 15) is 9.59 Å². The number of para-hydroxylation sites is 1. The Morgan fingerprint density at radius 1 is 1.16 bits per heavy atom. The van der Waals surface area contributed by atoms with Crippen LogP contribution < -0.4 is 5.32 Å². The summed E-state index contributed by atoms with van der Waals surface area (Å²) in [5, 5.41) is 2.93. The Morgan fingerprint density at radius 3 is 2.76 bits per heavy atom. The molecule has 2 amide bonds. The zero-order valence-electron chi connectivity index (χ0n) is 14.0. The molecular weight excluding hydrogens is 314 g/mol. The monoisotopic (exact) mass is 335 g/mol. The minimum absolute atomic E-state index is 0.0278. The van der Waals surface area contributed by atoms with Crippen molar-refractivity contribution in [3.8, 4) is 0 Å². The van der Waals surface area contributed by atoms with Gasteiger partial charge < -0.3 is 10.2 Å². The van der Waals surface area contributed by atoms with Gasteiger partial charge >= 0.3 is 0 Å². The van der Waals surface area contributed by atoms with Crippen LogP contribution in [0.4, 0.5) is 5.69 Å². The molecule has 25 heavy (non-hydrogen) atoms. The zero-order valence-corrected chi connectivity index (χ0v) is 14.0. The number of carbonyl (C=O) groups excluding carboxylic acids is 2. The molecule has 128 valence electrons. The van der Waals surface area contributed by atoms with Crippen LogP contribution in [0.15, 0.2) is 60.9 Å². The number of hydrogen-bond acceptors (Lipinski definition) is 3. The topological polar surface area (TPSA) is 62.3 Å². The molecule has 0 aliphatic carbocycles. The fourth-order valence-electron chi connectivity index (χ4n) is 2.90. The summed E-state index contributed by atoms with van der Waals surface area (Å²) in [6.07, 6.45) is 8.33. The molecule has 1 saturated heterocycles. The van der Waals surface area contributed by atoms with Gasteiger partial charge in [0.2, 0.25) is 11.8 Å². The maximum Gasteiger partial charge on any atom is 0.246 e. The van der Waals surface area contributed by atoms with E-state index in [-0.39, 0.29) is 17.7 Å². The van der Waals surface area contributed by atoms with Crippen molar-refractivity contribution in [2.24, 2.45) is 5.92 Å². The minimum atomic E-state index is -0.176. The molecule has 1 unspecified atom stereocenters. The number of nitrogens with one attached hydrogen (secondary N) is 1. The summed E-state index contributed by atoms with van der Waals surface area (Å²) in [5.41, 5.74) is 1.67. The molecule has 1 N–H and O–H groups in total. The largest absolute Gasteiger partial charge is 0.338 e. The molecule has 1 atom stereocenters. The highest BCUT2D eigenvalue weighted by Gasteiger charge is 2.27. The van der Waals surface area contributed by atoms with Gasteiger partial charge in [-0.15, -0.1) is 0 Å². The SMILES string of the molecule is O=C(Nc1ccccc1)C1CCCN(C(=O)/C=C/c2cccnc2)C1. The van der Waals surface area contributed by atoms with Crippen molar-refractivity contribution in [1.29, 1.82) is 0 Å². The predicted octanol–water partition coefficient (Wildman–Crippen LogP) is 2.97. The van der Waals surface area contributed by atoms with E-state index >= 15 is 0 Å². The van der Waals surface area contributed by atoms with Gasteiger partial charge in [-0.05, 0) is 42.7 Å². The minimum Gasteiger partial charge on any atom is -0.338 e. The summed E-state index contributed by atoms with van der Waals surface area (Å²) in [4.78, 5) is 30.6. The van der Waals surface area contributed by atoms with Crippen molar-refractivity contribution in [2.45, 2.75) is 12.8 Å². The van der Waals surface area contributed by atoms with Gasteiger partial charge in [0.25, 0.3) is 0 Å². The third-order valence-electron chi connectivity index (χ3n) is 4.25. The van der Waals surface area contributed by atoms with Crippen molar-refractivity contribution >= 4 is 23.6 Å². The third-order valence-corrected chi connectivity index (χ3v) is 4.25. The van der Waals surface area contributed by atoms with Crippen LogP contribution in [0.1, 0.15) is 18.4 Å². The van der Waals surface area contributed by atoms with Crippen LogP contribution in [0.25, 0.3) is 6.08 Å². The molecule has 2 aromatic rings. The van der Waals surface area contributed by atoms with E-state index in [2.05, 4.69) is 10.3 Å². The Labute approximate surface area is 147 Å². The molecule has 2 heterocycles. The Hall–Kier alpha value is -2.95. The molecular formula is C20H21N3O2. The normalized spacial score (nSPS) is 17.4. The molecule has 1 aromatic heterocycles. The number of hydrogen-bond donors (Lipinski definition) is 1. The average Bonchev–Trinajstić information content (AvgIpc) is 2.68. The highest BCUT2D eigenvalue weighted by Crippen LogP contribution is 2.19. The number of nitrogens with zero attached hydrogens (tertiary/aromatic N) is 2. The quantitative estimate of drug-likeness (QED) is 0.874. The number of piperidine rings is 1. The Morgan fingerprint density at radius 2 is 2.00 bits per heavy atom. The van der Waals surface area contributed by atoms with Crippen molar-refractivity contribution in [1.82, 2.24) is 9.88 Å². The van der Waals surface area contributed by atoms with E-state index in [1.54, 1.807) is 29.4 Å². The zero-order chi connectivity index (χ0) is 17.5. The molecule has 0 saturated carbocycles. The summed E-state index contributed by atoms with van der Waals surface area (Å²) in [6.45, 7) is 1.14. The number of amides is 2. The molecule has 0 spiro atoms. The van der Waals surface area contributed by atoms with Gasteiger partial charge in [0.1, 0.15) is 0 Å². The first-order valence-electron chi connectivity index (χ1n) is 8.45. The van der Waals surface area contributed by atoms with Gasteiger partial charge in [0.05, 0.1) is 5.92 Å². The number of anilines is 1. The number of aromatic nitrogens is 1. The van der Waals surface area contributed by atoms with E-state index in [4.69, 9.17) is 0 Å². The van der Waals surface area contributed by atoms with Crippen molar-refractivity contribution in [3.63, 3.8) is 0 Å². The number of pyridine rings is 1. The van der Waals surface area contributed by atoms with Crippen LogP contribution in [0.2, 0.25) is 0 Å². The van der Waals surface area contributed by atoms with Crippen LogP contribution in [0.3, 0.4) is 0 Å². The summed E-state index contributed by atoms with van der Waals surface area (Å²) in [6, 6.07) is 13.1. The van der Waals surface area contributed by atoms with Crippen molar-refractivity contribution in [2.75, 3.05) is 18.4 Å². The highest BCUT2D eigenvalue weighted by atomic mass is 16.2. The first-order valence-corrected chi connectivity index (χ1v) is 8.45. The second-order valence-electron chi connectivity index (χ2n) is 6.10. The van der Waals surface area contributed by atoms with Gasteiger partial charge in [-0.1, -0.05) is 24.3 Å². The number of carbonyl (C=O) groups is 2. The molecule has 5 heteroatoms. The fraction of sp³-hybridized carbons (Fsp3) is 0.250. The molecule has 1 fully saturated rings. The second-order valence-corrected chi connectivity index (χ2v) is 6.10. The molecule has 1 aromatic carbocycles. The Balaban J connectivity index is 1.58. The molecule has 1 aliphatic heterocycles. The maximum absolute atomic E-state index is 12.4. The smallest absolute Gasteiger partial charge is 0.246 e. The van der Waals surface area contributed by atoms with Gasteiger partial charge in [-0.25, -0.2) is 0 Å². The summed E-state index contributed by atoms with van der Waals surface area (Å²) in [7, 11) is 0. The van der Waals surface area contributed by atoms with E-state index in [1.807, 2.05) is 42.5 Å².